The summed E-state index contributed by atoms with van der Waals surface area (Å²) in [6.07, 6.45) is 2.02. The molecule has 0 radical (unpaired) electrons. The summed E-state index contributed by atoms with van der Waals surface area (Å²) in [4.78, 5) is 18.2. The first-order chi connectivity index (χ1) is 8.60. The Bertz CT molecular complexity index is 561. The molecule has 94 valence electrons. The predicted octanol–water partition coefficient (Wildman–Crippen LogP) is 3.73. The van der Waals surface area contributed by atoms with E-state index in [0.717, 1.165) is 16.4 Å². The number of benzene rings is 1. The number of carbonyl (C=O) groups is 1. The highest BCUT2D eigenvalue weighted by Gasteiger charge is 2.13. The molecule has 0 saturated heterocycles. The van der Waals surface area contributed by atoms with Gasteiger partial charge in [0.1, 0.15) is 4.88 Å². The minimum absolute atomic E-state index is 0.0880. The molecule has 0 aliphatic carbocycles. The second-order valence-electron chi connectivity index (χ2n) is 3.83. The Hall–Kier alpha value is -1.33. The van der Waals surface area contributed by atoms with E-state index in [2.05, 4.69) is 10.3 Å². The minimum Gasteiger partial charge on any atom is -0.321 e. The van der Waals surface area contributed by atoms with Gasteiger partial charge in [0.25, 0.3) is 5.91 Å². The number of hydrogen-bond donors (Lipinski definition) is 1. The summed E-state index contributed by atoms with van der Waals surface area (Å²) in [5.74, 6) is -0.0880. The summed E-state index contributed by atoms with van der Waals surface area (Å²) >= 11 is 3.10. The fourth-order valence-corrected chi connectivity index (χ4v) is 2.83. The summed E-state index contributed by atoms with van der Waals surface area (Å²) < 4.78 is 0. The third-order valence-corrected chi connectivity index (χ3v) is 4.27. The third kappa shape index (κ3) is 2.91. The monoisotopic (exact) mass is 278 g/mol. The molecule has 1 amide bonds. The summed E-state index contributed by atoms with van der Waals surface area (Å²) in [7, 11) is 0. The molecule has 0 aliphatic rings. The molecule has 0 saturated carbocycles. The lowest BCUT2D eigenvalue weighted by atomic mass is 10.3. The average Bonchev–Trinajstić information content (AvgIpc) is 2.69. The Morgan fingerprint density at radius 1 is 1.28 bits per heavy atom. The zero-order valence-electron chi connectivity index (χ0n) is 10.5. The molecule has 0 spiro atoms. The molecule has 3 nitrogen and oxygen atoms in total. The molecule has 0 fully saturated rings. The van der Waals surface area contributed by atoms with Crippen LogP contribution in [-0.2, 0) is 0 Å². The van der Waals surface area contributed by atoms with Crippen molar-refractivity contribution in [2.75, 3.05) is 11.6 Å². The maximum Gasteiger partial charge on any atom is 0.267 e. The van der Waals surface area contributed by atoms with E-state index in [1.165, 1.54) is 16.2 Å². The number of thioether (sulfide) groups is 1. The lowest BCUT2D eigenvalue weighted by Gasteiger charge is -2.04. The highest BCUT2D eigenvalue weighted by Crippen LogP contribution is 2.21. The van der Waals surface area contributed by atoms with Crippen LogP contribution in [0.5, 0.6) is 0 Å². The molecule has 2 rings (SSSR count). The maximum atomic E-state index is 12.1. The Labute approximate surface area is 115 Å². The van der Waals surface area contributed by atoms with Gasteiger partial charge in [0, 0.05) is 10.6 Å². The largest absolute Gasteiger partial charge is 0.321 e. The molecule has 18 heavy (non-hydrogen) atoms. The molecule has 0 atom stereocenters. The predicted molar refractivity (Wildman–Crippen MR) is 77.8 cm³/mol. The number of thiazole rings is 1. The van der Waals surface area contributed by atoms with Crippen LogP contribution in [0.15, 0.2) is 29.2 Å². The second kappa shape index (κ2) is 5.54. The van der Waals surface area contributed by atoms with Crippen LogP contribution in [0.25, 0.3) is 0 Å². The number of hydrogen-bond acceptors (Lipinski definition) is 4. The quantitative estimate of drug-likeness (QED) is 0.870. The normalized spacial score (nSPS) is 10.4. The lowest BCUT2D eigenvalue weighted by Crippen LogP contribution is -2.11. The molecule has 0 bridgehead atoms. The van der Waals surface area contributed by atoms with Gasteiger partial charge in [-0.15, -0.1) is 23.1 Å². The van der Waals surface area contributed by atoms with Crippen molar-refractivity contribution in [3.63, 3.8) is 0 Å². The smallest absolute Gasteiger partial charge is 0.267 e. The zero-order valence-corrected chi connectivity index (χ0v) is 12.1. The van der Waals surface area contributed by atoms with Gasteiger partial charge in [-0.3, -0.25) is 4.79 Å². The fraction of sp³-hybridized carbons (Fsp3) is 0.231. The SMILES string of the molecule is CSc1ccc(NC(=O)c2sc(C)nc2C)cc1. The van der Waals surface area contributed by atoms with E-state index in [0.29, 0.717) is 4.88 Å². The molecule has 0 unspecified atom stereocenters. The van der Waals surface area contributed by atoms with Gasteiger partial charge in [-0.2, -0.15) is 0 Å². The van der Waals surface area contributed by atoms with Gasteiger partial charge in [-0.05, 0) is 44.4 Å². The topological polar surface area (TPSA) is 42.0 Å². The molecule has 1 aromatic carbocycles. The minimum atomic E-state index is -0.0880. The lowest BCUT2D eigenvalue weighted by molar-refractivity contribution is 0.103. The van der Waals surface area contributed by atoms with Crippen molar-refractivity contribution in [3.05, 3.63) is 39.8 Å². The molecular weight excluding hydrogens is 264 g/mol. The van der Waals surface area contributed by atoms with Gasteiger partial charge in [0.15, 0.2) is 0 Å². The van der Waals surface area contributed by atoms with Crippen LogP contribution in [0.2, 0.25) is 0 Å². The highest BCUT2D eigenvalue weighted by molar-refractivity contribution is 7.98. The van der Waals surface area contributed by atoms with Crippen LogP contribution in [0.1, 0.15) is 20.4 Å². The van der Waals surface area contributed by atoms with Crippen LogP contribution < -0.4 is 5.32 Å². The van der Waals surface area contributed by atoms with Gasteiger partial charge < -0.3 is 5.32 Å². The van der Waals surface area contributed by atoms with E-state index in [4.69, 9.17) is 0 Å². The average molecular weight is 278 g/mol. The van der Waals surface area contributed by atoms with Gasteiger partial charge in [0.2, 0.25) is 0 Å². The molecule has 0 aliphatic heterocycles. The Balaban J connectivity index is 2.13. The zero-order chi connectivity index (χ0) is 13.1. The van der Waals surface area contributed by atoms with Crippen LogP contribution in [0.4, 0.5) is 5.69 Å². The molecule has 5 heteroatoms. The Morgan fingerprint density at radius 2 is 1.94 bits per heavy atom. The summed E-state index contributed by atoms with van der Waals surface area (Å²) in [5.41, 5.74) is 1.60. The van der Waals surface area contributed by atoms with Crippen molar-refractivity contribution >= 4 is 34.7 Å². The summed E-state index contributed by atoms with van der Waals surface area (Å²) in [5, 5.41) is 3.80. The van der Waals surface area contributed by atoms with E-state index >= 15 is 0 Å². The number of aryl methyl sites for hydroxylation is 2. The van der Waals surface area contributed by atoms with Gasteiger partial charge in [-0.1, -0.05) is 0 Å². The summed E-state index contributed by atoms with van der Waals surface area (Å²) in [6, 6.07) is 7.80. The molecule has 1 heterocycles. The molecule has 1 aromatic heterocycles. The molecule has 1 N–H and O–H groups in total. The first kappa shape index (κ1) is 13.1. The number of nitrogens with one attached hydrogen (secondary N) is 1. The second-order valence-corrected chi connectivity index (χ2v) is 5.91. The third-order valence-electron chi connectivity index (χ3n) is 2.46. The fourth-order valence-electron chi connectivity index (χ4n) is 1.60. The van der Waals surface area contributed by atoms with Gasteiger partial charge in [0.05, 0.1) is 10.7 Å². The van der Waals surface area contributed by atoms with Gasteiger partial charge >= 0.3 is 0 Å². The van der Waals surface area contributed by atoms with Crippen molar-refractivity contribution in [3.8, 4) is 0 Å². The number of nitrogens with zero attached hydrogens (tertiary/aromatic N) is 1. The van der Waals surface area contributed by atoms with E-state index in [-0.39, 0.29) is 5.91 Å². The first-order valence-electron chi connectivity index (χ1n) is 5.49. The van der Waals surface area contributed by atoms with Crippen LogP contribution in [0, 0.1) is 13.8 Å². The number of rotatable bonds is 3. The van der Waals surface area contributed by atoms with Crippen molar-refractivity contribution in [1.82, 2.24) is 4.98 Å². The maximum absolute atomic E-state index is 12.1. The van der Waals surface area contributed by atoms with E-state index < -0.39 is 0 Å². The number of amides is 1. The van der Waals surface area contributed by atoms with Crippen molar-refractivity contribution in [1.29, 1.82) is 0 Å². The highest BCUT2D eigenvalue weighted by atomic mass is 32.2. The van der Waals surface area contributed by atoms with Crippen LogP contribution >= 0.6 is 23.1 Å². The number of carbonyl (C=O) groups excluding carboxylic acids is 1. The van der Waals surface area contributed by atoms with Gasteiger partial charge in [-0.25, -0.2) is 4.98 Å². The number of anilines is 1. The van der Waals surface area contributed by atoms with Crippen molar-refractivity contribution < 1.29 is 4.79 Å². The standard InChI is InChI=1S/C13H14N2OS2/c1-8-12(18-9(2)14-8)13(16)15-10-4-6-11(17-3)7-5-10/h4-7H,1-3H3,(H,15,16). The molecule has 2 aromatic rings. The Kier molecular flexibility index (Phi) is 4.04. The Morgan fingerprint density at radius 3 is 2.44 bits per heavy atom. The van der Waals surface area contributed by atoms with E-state index in [1.54, 1.807) is 11.8 Å². The van der Waals surface area contributed by atoms with Crippen molar-refractivity contribution in [2.24, 2.45) is 0 Å². The van der Waals surface area contributed by atoms with E-state index in [1.807, 2.05) is 44.4 Å². The van der Waals surface area contributed by atoms with Crippen LogP contribution in [0.3, 0.4) is 0 Å². The summed E-state index contributed by atoms with van der Waals surface area (Å²) in [6.45, 7) is 3.76. The number of aromatic nitrogens is 1. The van der Waals surface area contributed by atoms with Crippen molar-refractivity contribution in [2.45, 2.75) is 18.7 Å². The van der Waals surface area contributed by atoms with E-state index in [9.17, 15) is 4.79 Å². The molecular formula is C13H14N2OS2. The first-order valence-corrected chi connectivity index (χ1v) is 7.53. The van der Waals surface area contributed by atoms with Crippen LogP contribution in [-0.4, -0.2) is 17.1 Å².